The van der Waals surface area contributed by atoms with Gasteiger partial charge in [-0.1, -0.05) is 0 Å². The Morgan fingerprint density at radius 1 is 1.75 bits per heavy atom. The molecule has 2 nitrogen and oxygen atoms in total. The van der Waals surface area contributed by atoms with Crippen LogP contribution in [0.1, 0.15) is 0 Å². The summed E-state index contributed by atoms with van der Waals surface area (Å²) < 4.78 is 0. The van der Waals surface area contributed by atoms with Gasteiger partial charge in [-0.25, -0.2) is 0 Å². The van der Waals surface area contributed by atoms with Crippen LogP contribution in [0.5, 0.6) is 0 Å². The third kappa shape index (κ3) is 0.877. The minimum absolute atomic E-state index is 0.980. The minimum Gasteiger partial charge on any atom is -0.298 e. The average molecular weight is 108 g/mol. The van der Waals surface area contributed by atoms with Crippen molar-refractivity contribution in [3.63, 3.8) is 0 Å². The van der Waals surface area contributed by atoms with Crippen LogP contribution in [0, 0.1) is 11.3 Å². The van der Waals surface area contributed by atoms with Crippen molar-refractivity contribution in [2.75, 3.05) is 20.1 Å². The number of likely N-dealkylation sites (tertiary alicyclic amines) is 1. The highest BCUT2D eigenvalue weighted by molar-refractivity contribution is 5.21. The summed E-state index contributed by atoms with van der Waals surface area (Å²) in [7, 11) is 2.04. The molecule has 0 saturated carbocycles. The molecule has 0 aromatic heterocycles. The second kappa shape index (κ2) is 1.97. The zero-order chi connectivity index (χ0) is 5.98. The maximum atomic E-state index is 8.14. The summed E-state index contributed by atoms with van der Waals surface area (Å²) in [6.45, 7) is 1.96. The van der Waals surface area contributed by atoms with Gasteiger partial charge in [-0.3, -0.25) is 4.90 Å². The van der Waals surface area contributed by atoms with Gasteiger partial charge in [-0.05, 0) is 12.6 Å². The number of hydrogen-bond acceptors (Lipinski definition) is 2. The molecule has 1 aliphatic heterocycles. The van der Waals surface area contributed by atoms with E-state index in [9.17, 15) is 0 Å². The SMILES string of the molecule is CN1CC(=CC#N)C1. The van der Waals surface area contributed by atoms with Gasteiger partial charge >= 0.3 is 0 Å². The van der Waals surface area contributed by atoms with E-state index in [-0.39, 0.29) is 0 Å². The van der Waals surface area contributed by atoms with Gasteiger partial charge in [-0.15, -0.1) is 0 Å². The van der Waals surface area contributed by atoms with E-state index in [0.29, 0.717) is 0 Å². The largest absolute Gasteiger partial charge is 0.298 e. The molecule has 0 radical (unpaired) electrons. The molecule has 1 saturated heterocycles. The maximum absolute atomic E-state index is 8.14. The number of hydrogen-bond donors (Lipinski definition) is 0. The highest BCUT2D eigenvalue weighted by Crippen LogP contribution is 2.09. The number of nitriles is 1. The summed E-state index contributed by atoms with van der Waals surface area (Å²) in [5, 5.41) is 8.14. The molecule has 0 amide bonds. The van der Waals surface area contributed by atoms with E-state index in [2.05, 4.69) is 4.90 Å². The van der Waals surface area contributed by atoms with E-state index in [1.165, 1.54) is 5.57 Å². The molecule has 0 aromatic rings. The van der Waals surface area contributed by atoms with Gasteiger partial charge in [0.05, 0.1) is 6.07 Å². The molecule has 2 heteroatoms. The fraction of sp³-hybridized carbons (Fsp3) is 0.500. The Balaban J connectivity index is 2.37. The Labute approximate surface area is 49.0 Å². The number of rotatable bonds is 0. The second-order valence-corrected chi connectivity index (χ2v) is 2.10. The summed E-state index contributed by atoms with van der Waals surface area (Å²) in [4.78, 5) is 2.16. The lowest BCUT2D eigenvalue weighted by Crippen LogP contribution is -2.36. The molecule has 0 N–H and O–H groups in total. The molecule has 1 fully saturated rings. The topological polar surface area (TPSA) is 27.0 Å². The fourth-order valence-electron chi connectivity index (χ4n) is 0.830. The van der Waals surface area contributed by atoms with Gasteiger partial charge in [0.25, 0.3) is 0 Å². The molecule has 0 aliphatic carbocycles. The Bertz CT molecular complexity index is 144. The molecule has 1 rings (SSSR count). The van der Waals surface area contributed by atoms with Gasteiger partial charge < -0.3 is 0 Å². The van der Waals surface area contributed by atoms with E-state index >= 15 is 0 Å². The van der Waals surface area contributed by atoms with Crippen molar-refractivity contribution in [2.24, 2.45) is 0 Å². The summed E-state index contributed by atoms with van der Waals surface area (Å²) >= 11 is 0. The van der Waals surface area contributed by atoms with Crippen LogP contribution in [0.2, 0.25) is 0 Å². The zero-order valence-electron chi connectivity index (χ0n) is 4.89. The molecule has 42 valence electrons. The van der Waals surface area contributed by atoms with E-state index in [1.54, 1.807) is 6.08 Å². The van der Waals surface area contributed by atoms with Crippen molar-refractivity contribution in [3.05, 3.63) is 11.6 Å². The predicted octanol–water partition coefficient (Wildman–Crippen LogP) is 0.382. The summed E-state index contributed by atoms with van der Waals surface area (Å²) in [5.74, 6) is 0. The lowest BCUT2D eigenvalue weighted by Gasteiger charge is -2.28. The third-order valence-corrected chi connectivity index (χ3v) is 1.21. The monoisotopic (exact) mass is 108 g/mol. The van der Waals surface area contributed by atoms with Crippen LogP contribution in [0.3, 0.4) is 0 Å². The van der Waals surface area contributed by atoms with Gasteiger partial charge in [0, 0.05) is 19.2 Å². The van der Waals surface area contributed by atoms with Crippen LogP contribution in [-0.4, -0.2) is 25.0 Å². The van der Waals surface area contributed by atoms with Crippen LogP contribution < -0.4 is 0 Å². The molecule has 0 atom stereocenters. The minimum atomic E-state index is 0.980. The first-order valence-electron chi connectivity index (χ1n) is 2.59. The Hall–Kier alpha value is -0.810. The van der Waals surface area contributed by atoms with Crippen molar-refractivity contribution < 1.29 is 0 Å². The van der Waals surface area contributed by atoms with Crippen LogP contribution in [0.4, 0.5) is 0 Å². The Morgan fingerprint density at radius 2 is 2.38 bits per heavy atom. The highest BCUT2D eigenvalue weighted by atomic mass is 15.1. The van der Waals surface area contributed by atoms with Crippen molar-refractivity contribution in [2.45, 2.75) is 0 Å². The molecule has 1 aliphatic rings. The zero-order valence-corrected chi connectivity index (χ0v) is 4.89. The van der Waals surface area contributed by atoms with Crippen molar-refractivity contribution in [3.8, 4) is 6.07 Å². The highest BCUT2D eigenvalue weighted by Gasteiger charge is 2.13. The lowest BCUT2D eigenvalue weighted by molar-refractivity contribution is 0.310. The quantitative estimate of drug-likeness (QED) is 0.419. The number of likely N-dealkylation sites (N-methyl/N-ethyl adjacent to an activating group) is 1. The van der Waals surface area contributed by atoms with Gasteiger partial charge in [0.2, 0.25) is 0 Å². The fourth-order valence-corrected chi connectivity index (χ4v) is 0.830. The van der Waals surface area contributed by atoms with E-state index in [0.717, 1.165) is 13.1 Å². The van der Waals surface area contributed by atoms with Crippen molar-refractivity contribution in [1.82, 2.24) is 4.90 Å². The van der Waals surface area contributed by atoms with Crippen LogP contribution in [0.25, 0.3) is 0 Å². The average Bonchev–Trinajstić information content (AvgIpc) is 1.64. The van der Waals surface area contributed by atoms with Gasteiger partial charge in [-0.2, -0.15) is 5.26 Å². The normalized spacial score (nSPS) is 19.2. The Kier molecular flexibility index (Phi) is 1.32. The van der Waals surface area contributed by atoms with E-state index < -0.39 is 0 Å². The van der Waals surface area contributed by atoms with Crippen molar-refractivity contribution in [1.29, 1.82) is 5.26 Å². The summed E-state index contributed by atoms with van der Waals surface area (Å²) in [6.07, 6.45) is 1.62. The summed E-state index contributed by atoms with van der Waals surface area (Å²) in [5.41, 5.74) is 1.25. The van der Waals surface area contributed by atoms with Crippen LogP contribution >= 0.6 is 0 Å². The van der Waals surface area contributed by atoms with Crippen LogP contribution in [-0.2, 0) is 0 Å². The standard InChI is InChI=1S/C6H8N2/c1-8-4-6(5-8)2-3-7/h2H,4-5H2,1H3. The van der Waals surface area contributed by atoms with E-state index in [1.807, 2.05) is 13.1 Å². The predicted molar refractivity (Wildman–Crippen MR) is 31.2 cm³/mol. The molecular formula is C6H8N2. The van der Waals surface area contributed by atoms with Gasteiger partial charge in [0.15, 0.2) is 0 Å². The first-order valence-corrected chi connectivity index (χ1v) is 2.59. The molecule has 8 heavy (non-hydrogen) atoms. The van der Waals surface area contributed by atoms with Crippen LogP contribution in [0.15, 0.2) is 11.6 Å². The first-order chi connectivity index (χ1) is 3.83. The summed E-state index contributed by atoms with van der Waals surface area (Å²) in [6, 6.07) is 2.00. The molecule has 0 aromatic carbocycles. The van der Waals surface area contributed by atoms with Crippen molar-refractivity contribution >= 4 is 0 Å². The molecule has 0 spiro atoms. The molecule has 1 heterocycles. The van der Waals surface area contributed by atoms with Gasteiger partial charge in [0.1, 0.15) is 0 Å². The molecule has 0 unspecified atom stereocenters. The molecular weight excluding hydrogens is 100 g/mol. The maximum Gasteiger partial charge on any atom is 0.0912 e. The van der Waals surface area contributed by atoms with E-state index in [4.69, 9.17) is 5.26 Å². The number of nitrogens with zero attached hydrogens (tertiary/aromatic N) is 2. The smallest absolute Gasteiger partial charge is 0.0912 e. The lowest BCUT2D eigenvalue weighted by atomic mass is 10.1. The number of allylic oxidation sites excluding steroid dienone is 1. The Morgan fingerprint density at radius 3 is 2.75 bits per heavy atom. The first kappa shape index (κ1) is 5.33. The third-order valence-electron chi connectivity index (χ3n) is 1.21. The molecule has 0 bridgehead atoms. The second-order valence-electron chi connectivity index (χ2n) is 2.10.